The molecule has 0 radical (unpaired) electrons. The molecule has 0 amide bonds. The van der Waals surface area contributed by atoms with Crippen molar-refractivity contribution in [3.05, 3.63) is 59.9 Å². The second-order valence-corrected chi connectivity index (χ2v) is 7.04. The summed E-state index contributed by atoms with van der Waals surface area (Å²) in [5, 5.41) is 9.91. The second kappa shape index (κ2) is 8.32. The van der Waals surface area contributed by atoms with Crippen molar-refractivity contribution in [3.8, 4) is 5.75 Å². The maximum Gasteiger partial charge on any atom is 0.325 e. The Hall–Kier alpha value is -2.40. The van der Waals surface area contributed by atoms with Crippen LogP contribution in [-0.2, 0) is 4.79 Å². The molecule has 5 heteroatoms. The fourth-order valence-electron chi connectivity index (χ4n) is 3.68. The topological polar surface area (TPSA) is 62.7 Å². The predicted octanol–water partition coefficient (Wildman–Crippen LogP) is 3.87. The van der Waals surface area contributed by atoms with Crippen LogP contribution in [0.15, 0.2) is 48.8 Å². The van der Waals surface area contributed by atoms with E-state index >= 15 is 0 Å². The lowest BCUT2D eigenvalue weighted by Gasteiger charge is -2.36. The monoisotopic (exact) mass is 354 g/mol. The molecule has 26 heavy (non-hydrogen) atoms. The van der Waals surface area contributed by atoms with Crippen molar-refractivity contribution in [1.82, 2.24) is 9.88 Å². The lowest BCUT2D eigenvalue weighted by molar-refractivity contribution is -0.144. The zero-order valence-electron chi connectivity index (χ0n) is 15.3. The van der Waals surface area contributed by atoms with Gasteiger partial charge in [-0.05, 0) is 69.5 Å². The third-order valence-corrected chi connectivity index (χ3v) is 4.88. The fraction of sp³-hybridized carbons (Fsp3) is 0.429. The Balaban J connectivity index is 1.77. The van der Waals surface area contributed by atoms with Crippen LogP contribution in [0.1, 0.15) is 49.8 Å². The average molecular weight is 354 g/mol. The Kier molecular flexibility index (Phi) is 5.89. The third-order valence-electron chi connectivity index (χ3n) is 4.88. The van der Waals surface area contributed by atoms with Gasteiger partial charge < -0.3 is 9.84 Å². The molecule has 1 aliphatic heterocycles. The van der Waals surface area contributed by atoms with Crippen molar-refractivity contribution in [3.63, 3.8) is 0 Å². The van der Waals surface area contributed by atoms with E-state index in [-0.39, 0.29) is 6.10 Å². The van der Waals surface area contributed by atoms with Crippen LogP contribution in [0.25, 0.3) is 0 Å². The summed E-state index contributed by atoms with van der Waals surface area (Å²) in [5.74, 6) is 0.296. The predicted molar refractivity (Wildman–Crippen MR) is 100 cm³/mol. The first-order valence-electron chi connectivity index (χ1n) is 9.18. The molecule has 0 aliphatic carbocycles. The minimum Gasteiger partial charge on any atom is -0.491 e. The van der Waals surface area contributed by atoms with Crippen LogP contribution in [0.4, 0.5) is 0 Å². The van der Waals surface area contributed by atoms with Crippen molar-refractivity contribution in [2.24, 2.45) is 0 Å². The summed E-state index contributed by atoms with van der Waals surface area (Å²) in [6.07, 6.45) is 5.54. The van der Waals surface area contributed by atoms with E-state index in [9.17, 15) is 9.90 Å². The van der Waals surface area contributed by atoms with Crippen molar-refractivity contribution in [2.45, 2.75) is 44.8 Å². The maximum atomic E-state index is 12.1. The summed E-state index contributed by atoms with van der Waals surface area (Å²) in [6, 6.07) is 10.9. The standard InChI is InChI=1S/C21H26N2O3/c1-15(2)26-19-6-4-3-5-18(19)20(21(24)25)23-13-9-17(10-14-23)16-7-11-22-12-8-16/h3-8,11-12,15,17,20H,9-10,13-14H2,1-2H3,(H,24,25)/t20-/m1/s1. The van der Waals surface area contributed by atoms with Crippen LogP contribution in [0.2, 0.25) is 0 Å². The molecule has 0 spiro atoms. The normalized spacial score (nSPS) is 17.2. The molecule has 1 aromatic heterocycles. The molecule has 1 saturated heterocycles. The number of carboxylic acids is 1. The Morgan fingerprint density at radius 1 is 1.15 bits per heavy atom. The molecule has 1 aromatic carbocycles. The zero-order chi connectivity index (χ0) is 18.5. The molecule has 1 atom stereocenters. The fourth-order valence-corrected chi connectivity index (χ4v) is 3.68. The highest BCUT2D eigenvalue weighted by Crippen LogP contribution is 2.35. The quantitative estimate of drug-likeness (QED) is 0.853. The number of rotatable bonds is 6. The minimum absolute atomic E-state index is 0.00280. The van der Waals surface area contributed by atoms with Crippen molar-refractivity contribution in [1.29, 1.82) is 0 Å². The van der Waals surface area contributed by atoms with Gasteiger partial charge in [-0.3, -0.25) is 14.7 Å². The number of pyridine rings is 1. The molecule has 5 nitrogen and oxygen atoms in total. The van der Waals surface area contributed by atoms with Crippen LogP contribution in [0.5, 0.6) is 5.75 Å². The summed E-state index contributed by atoms with van der Waals surface area (Å²) >= 11 is 0. The van der Waals surface area contributed by atoms with Crippen LogP contribution in [0.3, 0.4) is 0 Å². The van der Waals surface area contributed by atoms with Gasteiger partial charge in [0.25, 0.3) is 0 Å². The smallest absolute Gasteiger partial charge is 0.325 e. The van der Waals surface area contributed by atoms with Gasteiger partial charge in [-0.15, -0.1) is 0 Å². The van der Waals surface area contributed by atoms with Crippen LogP contribution in [-0.4, -0.2) is 40.2 Å². The molecular formula is C21H26N2O3. The Labute approximate surface area is 154 Å². The van der Waals surface area contributed by atoms with Gasteiger partial charge in [0.2, 0.25) is 0 Å². The molecule has 0 saturated carbocycles. The summed E-state index contributed by atoms with van der Waals surface area (Å²) in [6.45, 7) is 5.40. The van der Waals surface area contributed by atoms with Crippen molar-refractivity contribution < 1.29 is 14.6 Å². The first-order valence-corrected chi connectivity index (χ1v) is 9.18. The lowest BCUT2D eigenvalue weighted by atomic mass is 9.88. The molecule has 0 bridgehead atoms. The van der Waals surface area contributed by atoms with Crippen LogP contribution < -0.4 is 4.74 Å². The van der Waals surface area contributed by atoms with Gasteiger partial charge in [0, 0.05) is 18.0 Å². The van der Waals surface area contributed by atoms with Gasteiger partial charge in [-0.1, -0.05) is 18.2 Å². The molecular weight excluding hydrogens is 328 g/mol. The lowest BCUT2D eigenvalue weighted by Crippen LogP contribution is -2.40. The highest BCUT2D eigenvalue weighted by atomic mass is 16.5. The van der Waals surface area contributed by atoms with E-state index in [1.807, 2.05) is 50.5 Å². The number of aromatic nitrogens is 1. The molecule has 3 rings (SSSR count). The molecule has 1 fully saturated rings. The molecule has 1 N–H and O–H groups in total. The Bertz CT molecular complexity index is 725. The number of nitrogens with zero attached hydrogens (tertiary/aromatic N) is 2. The average Bonchev–Trinajstić information content (AvgIpc) is 2.64. The molecule has 0 unspecified atom stereocenters. The summed E-state index contributed by atoms with van der Waals surface area (Å²) < 4.78 is 5.86. The molecule has 1 aliphatic rings. The highest BCUT2D eigenvalue weighted by molar-refractivity contribution is 5.76. The van der Waals surface area contributed by atoms with E-state index in [1.54, 1.807) is 0 Å². The Morgan fingerprint density at radius 3 is 2.42 bits per heavy atom. The van der Waals surface area contributed by atoms with Crippen molar-refractivity contribution in [2.75, 3.05) is 13.1 Å². The van der Waals surface area contributed by atoms with Gasteiger partial charge in [0.1, 0.15) is 11.8 Å². The maximum absolute atomic E-state index is 12.1. The van der Waals surface area contributed by atoms with E-state index < -0.39 is 12.0 Å². The summed E-state index contributed by atoms with van der Waals surface area (Å²) in [4.78, 5) is 18.2. The number of ether oxygens (including phenoxy) is 1. The van der Waals surface area contributed by atoms with Gasteiger partial charge in [-0.25, -0.2) is 0 Å². The van der Waals surface area contributed by atoms with Crippen molar-refractivity contribution >= 4 is 5.97 Å². The number of para-hydroxylation sites is 1. The number of hydrogen-bond acceptors (Lipinski definition) is 4. The van der Waals surface area contributed by atoms with Gasteiger partial charge in [-0.2, -0.15) is 0 Å². The van der Waals surface area contributed by atoms with Crippen LogP contribution in [0, 0.1) is 0 Å². The first-order chi connectivity index (χ1) is 12.6. The van der Waals surface area contributed by atoms with E-state index in [2.05, 4.69) is 22.0 Å². The van der Waals surface area contributed by atoms with E-state index in [0.717, 1.165) is 31.5 Å². The summed E-state index contributed by atoms with van der Waals surface area (Å²) in [5.41, 5.74) is 2.02. The number of benzene rings is 1. The van der Waals surface area contributed by atoms with E-state index in [4.69, 9.17) is 4.74 Å². The SMILES string of the molecule is CC(C)Oc1ccccc1[C@H](C(=O)O)N1CCC(c2ccncc2)CC1. The first kappa shape index (κ1) is 18.4. The third kappa shape index (κ3) is 4.22. The molecule has 2 heterocycles. The van der Waals surface area contributed by atoms with E-state index in [1.165, 1.54) is 5.56 Å². The number of carbonyl (C=O) groups is 1. The van der Waals surface area contributed by atoms with Crippen LogP contribution >= 0.6 is 0 Å². The second-order valence-electron chi connectivity index (χ2n) is 7.04. The highest BCUT2D eigenvalue weighted by Gasteiger charge is 2.33. The number of aliphatic carboxylic acids is 1. The zero-order valence-corrected chi connectivity index (χ0v) is 15.3. The molecule has 138 valence electrons. The number of piperidine rings is 1. The largest absolute Gasteiger partial charge is 0.491 e. The number of hydrogen-bond donors (Lipinski definition) is 1. The summed E-state index contributed by atoms with van der Waals surface area (Å²) in [7, 11) is 0. The van der Waals surface area contributed by atoms with E-state index in [0.29, 0.717) is 11.7 Å². The van der Waals surface area contributed by atoms with Gasteiger partial charge in [0.05, 0.1) is 6.10 Å². The Morgan fingerprint density at radius 2 is 1.81 bits per heavy atom. The minimum atomic E-state index is -0.827. The van der Waals surface area contributed by atoms with Gasteiger partial charge in [0.15, 0.2) is 0 Å². The molecule has 2 aromatic rings. The number of carboxylic acid groups (broad SMARTS) is 1. The van der Waals surface area contributed by atoms with Gasteiger partial charge >= 0.3 is 5.97 Å². The number of likely N-dealkylation sites (tertiary alicyclic amines) is 1.